The molecule has 0 radical (unpaired) electrons. The van der Waals surface area contributed by atoms with Gasteiger partial charge in [0.15, 0.2) is 17.5 Å². The minimum absolute atomic E-state index is 0.0386. The van der Waals surface area contributed by atoms with Gasteiger partial charge < -0.3 is 53.6 Å². The third-order valence-corrected chi connectivity index (χ3v) is 15.2. The van der Waals surface area contributed by atoms with E-state index in [0.717, 1.165) is 13.8 Å². The summed E-state index contributed by atoms with van der Waals surface area (Å²) in [4.78, 5) is 102. The maximum atomic E-state index is 15.8. The second-order valence-corrected chi connectivity index (χ2v) is 20.2. The molecule has 3 fully saturated rings. The number of fused-ring (bicyclic) bond motifs is 5. The third-order valence-electron chi connectivity index (χ3n) is 15.2. The van der Waals surface area contributed by atoms with Crippen LogP contribution in [0.1, 0.15) is 86.7 Å². The van der Waals surface area contributed by atoms with Crippen molar-refractivity contribution in [1.82, 2.24) is 5.32 Å². The number of Topliss-reactive ketones (excluding diaryl/α,β-unsaturated/α-hetero) is 1. The first-order valence-corrected chi connectivity index (χ1v) is 24.2. The van der Waals surface area contributed by atoms with E-state index in [1.54, 1.807) is 130 Å². The molecule has 0 aromatic heterocycles. The van der Waals surface area contributed by atoms with Crippen LogP contribution in [-0.4, -0.2) is 120 Å². The van der Waals surface area contributed by atoms with Gasteiger partial charge >= 0.3 is 30.0 Å². The first kappa shape index (κ1) is 52.9. The van der Waals surface area contributed by atoms with Crippen molar-refractivity contribution in [3.8, 4) is 5.75 Å². The summed E-state index contributed by atoms with van der Waals surface area (Å²) in [5, 5.41) is 29.1. The normalized spacial score (nSPS) is 28.4. The highest BCUT2D eigenvalue weighted by atomic mass is 16.7. The zero-order valence-electron chi connectivity index (χ0n) is 42.3. The Balaban J connectivity index is 1.30. The van der Waals surface area contributed by atoms with Crippen molar-refractivity contribution < 1.29 is 76.9 Å². The molecule has 74 heavy (non-hydrogen) atoms. The Bertz CT molecular complexity index is 2860. The van der Waals surface area contributed by atoms with E-state index in [1.807, 2.05) is 0 Å². The second-order valence-electron chi connectivity index (χ2n) is 20.2. The number of hydrogen-bond donors (Lipinski definition) is 3. The van der Waals surface area contributed by atoms with Gasteiger partial charge in [-0.05, 0) is 67.0 Å². The minimum Gasteiger partial charge on any atom is -0.455 e. The fourth-order valence-corrected chi connectivity index (χ4v) is 11.3. The van der Waals surface area contributed by atoms with E-state index in [4.69, 9.17) is 33.2 Å². The van der Waals surface area contributed by atoms with Crippen LogP contribution in [0.5, 0.6) is 5.75 Å². The van der Waals surface area contributed by atoms with Gasteiger partial charge in [0, 0.05) is 63.5 Å². The number of rotatable bonds is 13. The number of hydrogen-bond acceptors (Lipinski definition) is 17. The number of carbonyl (C=O) groups excluding carboxylic acids is 7. The molecule has 2 saturated carbocycles. The Morgan fingerprint density at radius 3 is 2.00 bits per heavy atom. The van der Waals surface area contributed by atoms with Crippen LogP contribution < -0.4 is 15.0 Å². The van der Waals surface area contributed by atoms with Crippen LogP contribution in [0.25, 0.3) is 0 Å². The van der Waals surface area contributed by atoms with Crippen LogP contribution in [0, 0.1) is 16.7 Å². The Labute approximate surface area is 427 Å². The summed E-state index contributed by atoms with van der Waals surface area (Å²) in [6.07, 6.45) is -12.4. The SMILES string of the molecule is CC(=O)O[C@H]1C(=O)[C@@]2(C)C([C@H](OC(=O)c3ccccc3)[C@]3(O)C[C@H](OC(=O)[C@H](OC(=O)Oc4cccc(N(C)C)c4)[C@@H](NC(=O)c4ccccc4)c4ccccc4)C(C)=C1C3(C)C)[C@]1(OC(C)=O)COC1C[C@@H]2O. The van der Waals surface area contributed by atoms with Gasteiger partial charge in [-0.2, -0.15) is 0 Å². The molecule has 18 heteroatoms. The van der Waals surface area contributed by atoms with E-state index in [1.165, 1.54) is 32.0 Å². The van der Waals surface area contributed by atoms with Crippen LogP contribution in [0.15, 0.2) is 126 Å². The van der Waals surface area contributed by atoms with Crippen LogP contribution in [0.2, 0.25) is 0 Å². The van der Waals surface area contributed by atoms with E-state index >= 15 is 9.59 Å². The molecular formula is C56H60N2O16. The number of ketones is 1. The zero-order chi connectivity index (χ0) is 53.5. The highest BCUT2D eigenvalue weighted by Gasteiger charge is 2.78. The summed E-state index contributed by atoms with van der Waals surface area (Å²) in [7, 11) is 3.57. The Hall–Kier alpha value is -7.41. The van der Waals surface area contributed by atoms with E-state index in [0.29, 0.717) is 11.3 Å². The average molecular weight is 1020 g/mol. The van der Waals surface area contributed by atoms with E-state index in [-0.39, 0.29) is 41.1 Å². The van der Waals surface area contributed by atoms with Gasteiger partial charge in [-0.15, -0.1) is 0 Å². The van der Waals surface area contributed by atoms with Gasteiger partial charge in [-0.25, -0.2) is 14.4 Å². The molecule has 11 atom stereocenters. The van der Waals surface area contributed by atoms with E-state index in [9.17, 15) is 34.2 Å². The summed E-state index contributed by atoms with van der Waals surface area (Å²) < 4.78 is 42.4. The standard InChI is InChI=1S/C56H60N2O16/c1-31-39(71-51(65)45(72-52(66)70-38-26-18-25-37(27-38)58(7)8)43(34-19-12-9-13-20-34)57-49(63)35-21-14-10-15-22-35)29-56(67)48(73-50(64)36-23-16-11-17-24-36)46-54(6,40(61)28-41-55(46,30-68-41)74-33(3)60)47(62)44(69-32(2)59)42(31)53(56,4)5/h9-27,39-41,43-46,48,61,67H,28-30H2,1-8H3,(H,57,63)/t39-,40-,41?,43-,44+,45+,46?,48-,54+,55-,56+/m0/s1. The highest BCUT2D eigenvalue weighted by Crippen LogP contribution is 2.64. The molecule has 1 amide bonds. The minimum atomic E-state index is -2.49. The summed E-state index contributed by atoms with van der Waals surface area (Å²) in [5.41, 5.74) is -6.92. The molecule has 4 aliphatic rings. The lowest BCUT2D eigenvalue weighted by Crippen LogP contribution is -2.82. The number of ether oxygens (including phenoxy) is 7. The van der Waals surface area contributed by atoms with Crippen LogP contribution in [-0.2, 0) is 47.6 Å². The Kier molecular flexibility index (Phi) is 14.6. The molecule has 0 spiro atoms. The Morgan fingerprint density at radius 1 is 0.797 bits per heavy atom. The van der Waals surface area contributed by atoms with Gasteiger partial charge in [0.1, 0.15) is 35.7 Å². The second kappa shape index (κ2) is 20.5. The van der Waals surface area contributed by atoms with Crippen molar-refractivity contribution in [2.45, 2.75) is 108 Å². The number of amides is 1. The number of esters is 4. The molecule has 1 saturated heterocycles. The Morgan fingerprint density at radius 2 is 1.42 bits per heavy atom. The van der Waals surface area contributed by atoms with Crippen molar-refractivity contribution in [3.05, 3.63) is 143 Å². The summed E-state index contributed by atoms with van der Waals surface area (Å²) >= 11 is 0. The third kappa shape index (κ3) is 9.53. The van der Waals surface area contributed by atoms with Crippen LogP contribution in [0.4, 0.5) is 10.5 Å². The van der Waals surface area contributed by atoms with Gasteiger partial charge in [-0.1, -0.05) is 86.6 Å². The molecule has 2 unspecified atom stereocenters. The number of benzene rings is 4. The van der Waals surface area contributed by atoms with Gasteiger partial charge in [0.25, 0.3) is 5.91 Å². The van der Waals surface area contributed by atoms with Crippen LogP contribution in [0.3, 0.4) is 0 Å². The molecule has 390 valence electrons. The number of nitrogens with one attached hydrogen (secondary N) is 1. The number of carbonyl (C=O) groups is 7. The predicted molar refractivity (Wildman–Crippen MR) is 263 cm³/mol. The van der Waals surface area contributed by atoms with Gasteiger partial charge in [-0.3, -0.25) is 19.2 Å². The molecule has 8 rings (SSSR count). The maximum Gasteiger partial charge on any atom is 0.514 e. The molecule has 1 heterocycles. The largest absolute Gasteiger partial charge is 0.514 e. The quantitative estimate of drug-likeness (QED) is 0.0600. The van der Waals surface area contributed by atoms with Crippen LogP contribution >= 0.6 is 0 Å². The van der Waals surface area contributed by atoms with Crippen molar-refractivity contribution in [2.24, 2.45) is 16.7 Å². The maximum absolute atomic E-state index is 15.8. The van der Waals surface area contributed by atoms with Gasteiger partial charge in [0.2, 0.25) is 6.10 Å². The predicted octanol–water partition coefficient (Wildman–Crippen LogP) is 6.03. The number of nitrogens with zero attached hydrogens (tertiary/aromatic N) is 1. The number of anilines is 1. The van der Waals surface area contributed by atoms with Crippen molar-refractivity contribution >= 4 is 47.4 Å². The highest BCUT2D eigenvalue weighted by molar-refractivity contribution is 5.96. The summed E-state index contributed by atoms with van der Waals surface area (Å²) in [6.45, 7) is 7.85. The molecular weight excluding hydrogens is 957 g/mol. The molecule has 2 bridgehead atoms. The lowest BCUT2D eigenvalue weighted by atomic mass is 9.44. The lowest BCUT2D eigenvalue weighted by molar-refractivity contribution is -0.346. The monoisotopic (exact) mass is 1020 g/mol. The smallest absolute Gasteiger partial charge is 0.455 e. The number of aliphatic hydroxyl groups excluding tert-OH is 1. The average Bonchev–Trinajstić information content (AvgIpc) is 3.37. The molecule has 1 aliphatic heterocycles. The summed E-state index contributed by atoms with van der Waals surface area (Å²) in [6, 6.07) is 29.1. The molecule has 4 aromatic carbocycles. The van der Waals surface area contributed by atoms with Crippen molar-refractivity contribution in [1.29, 1.82) is 0 Å². The molecule has 3 N–H and O–H groups in total. The zero-order valence-corrected chi connectivity index (χ0v) is 42.3. The lowest BCUT2D eigenvalue weighted by Gasteiger charge is -2.67. The van der Waals surface area contributed by atoms with Crippen molar-refractivity contribution in [2.75, 3.05) is 25.6 Å². The molecule has 18 nitrogen and oxygen atoms in total. The fourth-order valence-electron chi connectivity index (χ4n) is 11.3. The first-order chi connectivity index (χ1) is 35.0. The number of aliphatic hydroxyl groups is 2. The topological polar surface area (TPSA) is 240 Å². The molecule has 4 aromatic rings. The first-order valence-electron chi connectivity index (χ1n) is 24.2. The summed E-state index contributed by atoms with van der Waals surface area (Å²) in [5.74, 6) is -7.10. The van der Waals surface area contributed by atoms with Gasteiger partial charge in [0.05, 0.1) is 29.6 Å². The fraction of sp³-hybridized carbons (Fsp3) is 0.411. The van der Waals surface area contributed by atoms with E-state index < -0.39 is 119 Å². The van der Waals surface area contributed by atoms with E-state index in [2.05, 4.69) is 5.32 Å². The molecule has 3 aliphatic carbocycles. The van der Waals surface area contributed by atoms with Crippen molar-refractivity contribution in [3.63, 3.8) is 0 Å².